The Morgan fingerprint density at radius 3 is 2.46 bits per heavy atom. The van der Waals surface area contributed by atoms with E-state index in [4.69, 9.17) is 19.6 Å². The molecule has 0 radical (unpaired) electrons. The highest BCUT2D eigenvalue weighted by Gasteiger charge is 2.37. The number of benzene rings is 2. The fraction of sp³-hybridized carbons (Fsp3) is 0.516. The fourth-order valence-corrected chi connectivity index (χ4v) is 6.51. The molecule has 0 saturated carbocycles. The van der Waals surface area contributed by atoms with Gasteiger partial charge in [0, 0.05) is 12.5 Å². The molecule has 0 aliphatic carbocycles. The summed E-state index contributed by atoms with van der Waals surface area (Å²) in [4.78, 5) is 23.8. The molecular formula is C31H40N2O5S. The van der Waals surface area contributed by atoms with Crippen molar-refractivity contribution in [3.63, 3.8) is 0 Å². The van der Waals surface area contributed by atoms with E-state index in [0.29, 0.717) is 18.8 Å². The molecule has 2 aromatic carbocycles. The zero-order valence-corrected chi connectivity index (χ0v) is 24.8. The van der Waals surface area contributed by atoms with E-state index < -0.39 is 5.60 Å². The maximum absolute atomic E-state index is 11.9. The average Bonchev–Trinajstić information content (AvgIpc) is 3.13. The van der Waals surface area contributed by atoms with Gasteiger partial charge in [-0.05, 0) is 78.8 Å². The van der Waals surface area contributed by atoms with Crippen LogP contribution in [0, 0.1) is 10.8 Å². The molecule has 0 spiro atoms. The van der Waals surface area contributed by atoms with E-state index in [1.165, 1.54) is 18.7 Å². The van der Waals surface area contributed by atoms with E-state index in [1.807, 2.05) is 30.3 Å². The minimum Gasteiger partial charge on any atom is -0.489 e. The number of nitrogens with one attached hydrogen (secondary N) is 2. The molecule has 2 heterocycles. The summed E-state index contributed by atoms with van der Waals surface area (Å²) in [6, 6.07) is 11.8. The number of hydrogen-bond acceptors (Lipinski definition) is 7. The van der Waals surface area contributed by atoms with Crippen molar-refractivity contribution < 1.29 is 23.8 Å². The van der Waals surface area contributed by atoms with Gasteiger partial charge in [0.25, 0.3) is 0 Å². The van der Waals surface area contributed by atoms with Gasteiger partial charge < -0.3 is 19.5 Å². The van der Waals surface area contributed by atoms with Crippen LogP contribution >= 0.6 is 11.8 Å². The Bertz CT molecular complexity index is 1260. The van der Waals surface area contributed by atoms with Gasteiger partial charge in [-0.15, -0.1) is 0 Å². The molecule has 8 heteroatoms. The summed E-state index contributed by atoms with van der Waals surface area (Å²) in [7, 11) is 0. The molecule has 39 heavy (non-hydrogen) atoms. The monoisotopic (exact) mass is 552 g/mol. The normalized spacial score (nSPS) is 21.2. The lowest BCUT2D eigenvalue weighted by Crippen LogP contribution is -2.42. The summed E-state index contributed by atoms with van der Waals surface area (Å²) in [5.74, 6) is 1.73. The number of carbonyl (C=O) groups excluding carboxylic acids is 2. The highest BCUT2D eigenvalue weighted by Crippen LogP contribution is 2.45. The van der Waals surface area contributed by atoms with Crippen molar-refractivity contribution in [3.8, 4) is 17.2 Å². The van der Waals surface area contributed by atoms with Crippen LogP contribution < -0.4 is 19.5 Å². The summed E-state index contributed by atoms with van der Waals surface area (Å²) in [6.07, 6.45) is 3.04. The van der Waals surface area contributed by atoms with E-state index in [2.05, 4.69) is 52.9 Å². The number of thioether (sulfide) groups is 1. The molecule has 1 amide bonds. The summed E-state index contributed by atoms with van der Waals surface area (Å²) < 4.78 is 18.4. The second-order valence-corrected chi connectivity index (χ2v) is 14.0. The second kappa shape index (κ2) is 10.9. The lowest BCUT2D eigenvalue weighted by atomic mass is 9.71. The van der Waals surface area contributed by atoms with E-state index in [1.54, 1.807) is 0 Å². The molecule has 2 aliphatic heterocycles. The van der Waals surface area contributed by atoms with Crippen LogP contribution in [0.2, 0.25) is 0 Å². The minimum atomic E-state index is -0.515. The molecular weight excluding hydrogens is 512 g/mol. The smallest absolute Gasteiger partial charge is 0.308 e. The molecule has 4 rings (SSSR count). The van der Waals surface area contributed by atoms with E-state index in [0.717, 1.165) is 47.5 Å². The van der Waals surface area contributed by atoms with Gasteiger partial charge in [-0.25, -0.2) is 0 Å². The number of hydrogen-bond donors (Lipinski definition) is 2. The summed E-state index contributed by atoms with van der Waals surface area (Å²) in [5.41, 5.74) is 2.37. The minimum absolute atomic E-state index is 0.0943. The Morgan fingerprint density at radius 2 is 1.87 bits per heavy atom. The van der Waals surface area contributed by atoms with E-state index in [9.17, 15) is 9.59 Å². The standard InChI is InChI=1S/C31H40N2O5S/c1-19(34)37-25-15-21-12-13-31(7,38-24(21)16-23(25)30(5,6)17-29(2,3)4)18-36-22-10-8-20(9-11-22)14-26-27(35)33-28(32)39-26/h8-11,15-16,26H,12-14,17-18H2,1-7H3,(H2,32,33,35). The van der Waals surface area contributed by atoms with Gasteiger partial charge in [-0.1, -0.05) is 58.5 Å². The maximum atomic E-state index is 11.9. The number of rotatable bonds is 8. The molecule has 0 bridgehead atoms. The Hall–Kier alpha value is -3.00. The third kappa shape index (κ3) is 7.35. The quantitative estimate of drug-likeness (QED) is 0.299. The second-order valence-electron chi connectivity index (χ2n) is 12.8. The fourth-order valence-electron chi connectivity index (χ4n) is 5.62. The van der Waals surface area contributed by atoms with Crippen molar-refractivity contribution in [1.29, 1.82) is 5.41 Å². The average molecular weight is 553 g/mol. The molecule has 1 saturated heterocycles. The molecule has 2 unspecified atom stereocenters. The van der Waals surface area contributed by atoms with E-state index in [-0.39, 0.29) is 33.1 Å². The Labute approximate surface area is 235 Å². The maximum Gasteiger partial charge on any atom is 0.308 e. The number of amidine groups is 1. The van der Waals surface area contributed by atoms with Gasteiger partial charge in [0.05, 0.1) is 5.25 Å². The topological polar surface area (TPSA) is 97.7 Å². The van der Waals surface area contributed by atoms with Crippen LogP contribution in [0.1, 0.15) is 78.0 Å². The molecule has 0 aromatic heterocycles. The zero-order chi connectivity index (χ0) is 28.6. The van der Waals surface area contributed by atoms with Gasteiger partial charge in [0.1, 0.15) is 29.5 Å². The number of fused-ring (bicyclic) bond motifs is 1. The van der Waals surface area contributed by atoms with Crippen molar-refractivity contribution >= 4 is 28.8 Å². The number of carbonyl (C=O) groups is 2. The number of esters is 1. The van der Waals surface area contributed by atoms with Crippen LogP contribution in [0.3, 0.4) is 0 Å². The molecule has 2 aromatic rings. The first-order valence-electron chi connectivity index (χ1n) is 13.5. The summed E-state index contributed by atoms with van der Waals surface area (Å²) in [6.45, 7) is 14.9. The summed E-state index contributed by atoms with van der Waals surface area (Å²) in [5, 5.41) is 10.1. The molecule has 1 fully saturated rings. The summed E-state index contributed by atoms with van der Waals surface area (Å²) >= 11 is 1.25. The number of amides is 1. The zero-order valence-electron chi connectivity index (χ0n) is 24.0. The van der Waals surface area contributed by atoms with E-state index >= 15 is 0 Å². The lowest BCUT2D eigenvalue weighted by Gasteiger charge is -2.38. The number of aryl methyl sites for hydroxylation is 1. The molecule has 210 valence electrons. The Morgan fingerprint density at radius 1 is 1.18 bits per heavy atom. The highest BCUT2D eigenvalue weighted by molar-refractivity contribution is 8.15. The van der Waals surface area contributed by atoms with Crippen LogP contribution in [0.25, 0.3) is 0 Å². The van der Waals surface area contributed by atoms with Crippen molar-refractivity contribution in [1.82, 2.24) is 5.32 Å². The predicted molar refractivity (Wildman–Crippen MR) is 155 cm³/mol. The van der Waals surface area contributed by atoms with Gasteiger partial charge in [0.2, 0.25) is 5.91 Å². The first-order valence-corrected chi connectivity index (χ1v) is 14.3. The lowest BCUT2D eigenvalue weighted by molar-refractivity contribution is -0.132. The van der Waals surface area contributed by atoms with Gasteiger partial charge in [0.15, 0.2) is 5.17 Å². The van der Waals surface area contributed by atoms with Crippen LogP contribution in [-0.2, 0) is 27.8 Å². The molecule has 7 nitrogen and oxygen atoms in total. The van der Waals surface area contributed by atoms with Gasteiger partial charge >= 0.3 is 5.97 Å². The van der Waals surface area contributed by atoms with Gasteiger partial charge in [-0.3, -0.25) is 15.0 Å². The number of ether oxygens (including phenoxy) is 3. The highest BCUT2D eigenvalue weighted by atomic mass is 32.2. The largest absolute Gasteiger partial charge is 0.489 e. The van der Waals surface area contributed by atoms with Crippen molar-refractivity contribution in [2.24, 2.45) is 5.41 Å². The third-order valence-corrected chi connectivity index (χ3v) is 8.08. The van der Waals surface area contributed by atoms with Crippen LogP contribution in [0.5, 0.6) is 17.2 Å². The first kappa shape index (κ1) is 29.0. The van der Waals surface area contributed by atoms with Crippen LogP contribution in [-0.4, -0.2) is 34.5 Å². The Kier molecular flexibility index (Phi) is 8.08. The molecule has 2 N–H and O–H groups in total. The van der Waals surface area contributed by atoms with Crippen molar-refractivity contribution in [2.45, 2.75) is 90.4 Å². The van der Waals surface area contributed by atoms with Crippen molar-refractivity contribution in [3.05, 3.63) is 53.1 Å². The van der Waals surface area contributed by atoms with Crippen LogP contribution in [0.4, 0.5) is 0 Å². The first-order chi connectivity index (χ1) is 18.1. The Balaban J connectivity index is 1.47. The SMILES string of the molecule is CC(=O)Oc1cc2c(cc1C(C)(C)CC(C)(C)C)OC(C)(COc1ccc(CC3SC(=N)NC3=O)cc1)CC2. The predicted octanol–water partition coefficient (Wildman–Crippen LogP) is 6.20. The third-order valence-electron chi connectivity index (χ3n) is 7.08. The van der Waals surface area contributed by atoms with Crippen molar-refractivity contribution in [2.75, 3.05) is 6.61 Å². The van der Waals surface area contributed by atoms with Gasteiger partial charge in [-0.2, -0.15) is 0 Å². The molecule has 2 aliphatic rings. The van der Waals surface area contributed by atoms with Crippen LogP contribution in [0.15, 0.2) is 36.4 Å². The molecule has 2 atom stereocenters.